The number of rotatable bonds is 6. The Morgan fingerprint density at radius 2 is 1.75 bits per heavy atom. The van der Waals surface area contributed by atoms with Crippen molar-refractivity contribution >= 4 is 17.6 Å². The minimum absolute atomic E-state index is 0.149. The predicted molar refractivity (Wildman–Crippen MR) is 131 cm³/mol. The Morgan fingerprint density at radius 1 is 1.06 bits per heavy atom. The number of benzene rings is 2. The fourth-order valence-electron chi connectivity index (χ4n) is 4.59. The molecule has 0 aromatic heterocycles. The standard InChI is InChI=1S/C27H28N2O7/c1-15(2)35-26(30)23-16(3)28-17(4)24(25(23)18-8-7-9-19(14-18)29(32)33)27(31)36-22-12-13-34-21-11-6-5-10-20(21)22/h5-11,14-15,22,25,28H,12-13H2,1-4H3. The third-order valence-electron chi connectivity index (χ3n) is 6.11. The van der Waals surface area contributed by atoms with Gasteiger partial charge in [-0.1, -0.05) is 30.3 Å². The maximum absolute atomic E-state index is 13.7. The third kappa shape index (κ3) is 4.95. The van der Waals surface area contributed by atoms with Crippen molar-refractivity contribution in [3.63, 3.8) is 0 Å². The first kappa shape index (κ1) is 25.0. The highest BCUT2D eigenvalue weighted by molar-refractivity contribution is 6.00. The number of ether oxygens (including phenoxy) is 3. The molecule has 1 N–H and O–H groups in total. The van der Waals surface area contributed by atoms with Crippen molar-refractivity contribution in [3.05, 3.63) is 92.3 Å². The van der Waals surface area contributed by atoms with E-state index >= 15 is 0 Å². The molecular formula is C27H28N2O7. The van der Waals surface area contributed by atoms with Gasteiger partial charge in [0, 0.05) is 35.5 Å². The van der Waals surface area contributed by atoms with Crippen molar-refractivity contribution < 1.29 is 28.7 Å². The lowest BCUT2D eigenvalue weighted by Gasteiger charge is -2.32. The molecule has 9 heteroatoms. The molecule has 2 atom stereocenters. The molecule has 9 nitrogen and oxygen atoms in total. The fourth-order valence-corrected chi connectivity index (χ4v) is 4.59. The van der Waals surface area contributed by atoms with Crippen molar-refractivity contribution in [1.29, 1.82) is 0 Å². The zero-order valence-electron chi connectivity index (χ0n) is 20.6. The van der Waals surface area contributed by atoms with Crippen LogP contribution in [0.15, 0.2) is 71.1 Å². The summed E-state index contributed by atoms with van der Waals surface area (Å²) in [5, 5.41) is 14.6. The van der Waals surface area contributed by atoms with Gasteiger partial charge in [0.2, 0.25) is 0 Å². The maximum atomic E-state index is 13.7. The van der Waals surface area contributed by atoms with Crippen molar-refractivity contribution in [3.8, 4) is 5.75 Å². The molecule has 0 saturated carbocycles. The van der Waals surface area contributed by atoms with E-state index in [0.717, 1.165) is 5.56 Å². The number of nitrogens with zero attached hydrogens (tertiary/aromatic N) is 1. The van der Waals surface area contributed by atoms with Gasteiger partial charge in [0.15, 0.2) is 0 Å². The first-order valence-corrected chi connectivity index (χ1v) is 11.7. The van der Waals surface area contributed by atoms with Gasteiger partial charge >= 0.3 is 11.9 Å². The van der Waals surface area contributed by atoms with Crippen LogP contribution >= 0.6 is 0 Å². The SMILES string of the molecule is CC1=C(C(=O)OC(C)C)C(c2cccc([N+](=O)[O-])c2)C(C(=O)OC2CCOc3ccccc32)=C(C)N1. The smallest absolute Gasteiger partial charge is 0.337 e. The number of carbonyl (C=O) groups is 2. The van der Waals surface area contributed by atoms with E-state index in [0.29, 0.717) is 35.7 Å². The van der Waals surface area contributed by atoms with Crippen LogP contribution in [0.2, 0.25) is 0 Å². The highest BCUT2D eigenvalue weighted by Gasteiger charge is 2.40. The first-order chi connectivity index (χ1) is 17.2. The van der Waals surface area contributed by atoms with Crippen LogP contribution in [0.1, 0.15) is 57.3 Å². The van der Waals surface area contributed by atoms with Gasteiger partial charge in [-0.15, -0.1) is 0 Å². The zero-order valence-corrected chi connectivity index (χ0v) is 20.6. The first-order valence-electron chi connectivity index (χ1n) is 11.7. The normalized spacial score (nSPS) is 19.2. The summed E-state index contributed by atoms with van der Waals surface area (Å²) in [6, 6.07) is 13.3. The molecule has 0 bridgehead atoms. The molecule has 188 valence electrons. The average Bonchev–Trinajstić information content (AvgIpc) is 2.83. The number of fused-ring (bicyclic) bond motifs is 1. The average molecular weight is 493 g/mol. The number of esters is 2. The number of carbonyl (C=O) groups excluding carboxylic acids is 2. The van der Waals surface area contributed by atoms with E-state index < -0.39 is 35.0 Å². The quantitative estimate of drug-likeness (QED) is 0.346. The Hall–Kier alpha value is -4.14. The largest absolute Gasteiger partial charge is 0.493 e. The van der Waals surface area contributed by atoms with E-state index in [4.69, 9.17) is 14.2 Å². The van der Waals surface area contributed by atoms with Gasteiger partial charge < -0.3 is 19.5 Å². The fraction of sp³-hybridized carbons (Fsp3) is 0.333. The number of allylic oxidation sites excluding steroid dienone is 2. The Balaban J connectivity index is 1.78. The number of para-hydroxylation sites is 1. The summed E-state index contributed by atoms with van der Waals surface area (Å²) in [5.74, 6) is -1.50. The van der Waals surface area contributed by atoms with E-state index in [-0.39, 0.29) is 16.8 Å². The van der Waals surface area contributed by atoms with Gasteiger partial charge in [-0.05, 0) is 39.3 Å². The van der Waals surface area contributed by atoms with E-state index in [1.807, 2.05) is 24.3 Å². The third-order valence-corrected chi connectivity index (χ3v) is 6.11. The second kappa shape index (κ2) is 10.2. The molecule has 2 aromatic rings. The Kier molecular flexibility index (Phi) is 7.10. The van der Waals surface area contributed by atoms with Gasteiger partial charge in [0.25, 0.3) is 5.69 Å². The molecule has 0 fully saturated rings. The van der Waals surface area contributed by atoms with Crippen LogP contribution in [0.3, 0.4) is 0 Å². The second-order valence-electron chi connectivity index (χ2n) is 9.01. The Labute approximate surface area is 208 Å². The van der Waals surface area contributed by atoms with E-state index in [2.05, 4.69) is 5.32 Å². The second-order valence-corrected chi connectivity index (χ2v) is 9.01. The van der Waals surface area contributed by atoms with Crippen molar-refractivity contribution in [2.24, 2.45) is 0 Å². The van der Waals surface area contributed by atoms with Crippen LogP contribution in [0.25, 0.3) is 0 Å². The van der Waals surface area contributed by atoms with Crippen LogP contribution in [-0.2, 0) is 19.1 Å². The number of hydrogen-bond donors (Lipinski definition) is 1. The van der Waals surface area contributed by atoms with E-state index in [9.17, 15) is 19.7 Å². The topological polar surface area (TPSA) is 117 Å². The molecule has 0 aliphatic carbocycles. The summed E-state index contributed by atoms with van der Waals surface area (Å²) in [6.07, 6.45) is -0.461. The maximum Gasteiger partial charge on any atom is 0.337 e. The van der Waals surface area contributed by atoms with Crippen LogP contribution < -0.4 is 10.1 Å². The van der Waals surface area contributed by atoms with Gasteiger partial charge in [-0.2, -0.15) is 0 Å². The predicted octanol–water partition coefficient (Wildman–Crippen LogP) is 4.85. The van der Waals surface area contributed by atoms with Crippen molar-refractivity contribution in [2.45, 2.75) is 52.2 Å². The zero-order chi connectivity index (χ0) is 26.0. The monoisotopic (exact) mass is 492 g/mol. The van der Waals surface area contributed by atoms with Crippen molar-refractivity contribution in [1.82, 2.24) is 5.32 Å². The summed E-state index contributed by atoms with van der Waals surface area (Å²) < 4.78 is 17.1. The van der Waals surface area contributed by atoms with E-state index in [1.54, 1.807) is 33.8 Å². The molecule has 2 aromatic carbocycles. The lowest BCUT2D eigenvalue weighted by atomic mass is 9.80. The van der Waals surface area contributed by atoms with Crippen LogP contribution in [0, 0.1) is 10.1 Å². The molecule has 2 aliphatic heterocycles. The molecule has 0 spiro atoms. The molecule has 36 heavy (non-hydrogen) atoms. The highest BCUT2D eigenvalue weighted by atomic mass is 16.6. The molecule has 2 unspecified atom stereocenters. The number of dihydropyridines is 1. The summed E-state index contributed by atoms with van der Waals surface area (Å²) in [4.78, 5) is 37.9. The molecule has 0 saturated heterocycles. The van der Waals surface area contributed by atoms with Gasteiger partial charge in [-0.3, -0.25) is 10.1 Å². The Morgan fingerprint density at radius 3 is 2.44 bits per heavy atom. The summed E-state index contributed by atoms with van der Waals surface area (Å²) in [7, 11) is 0. The van der Waals surface area contributed by atoms with Crippen LogP contribution in [0.4, 0.5) is 5.69 Å². The minimum Gasteiger partial charge on any atom is -0.493 e. The van der Waals surface area contributed by atoms with Crippen LogP contribution in [0.5, 0.6) is 5.75 Å². The lowest BCUT2D eigenvalue weighted by molar-refractivity contribution is -0.384. The summed E-state index contributed by atoms with van der Waals surface area (Å²) in [6.45, 7) is 7.27. The summed E-state index contributed by atoms with van der Waals surface area (Å²) in [5.41, 5.74) is 2.42. The van der Waals surface area contributed by atoms with Crippen LogP contribution in [-0.4, -0.2) is 29.6 Å². The number of nitrogens with one attached hydrogen (secondary N) is 1. The highest BCUT2D eigenvalue weighted by Crippen LogP contribution is 2.42. The van der Waals surface area contributed by atoms with Gasteiger partial charge in [0.05, 0.1) is 34.7 Å². The lowest BCUT2D eigenvalue weighted by Crippen LogP contribution is -2.33. The number of nitro benzene ring substituents is 1. The molecule has 2 heterocycles. The van der Waals surface area contributed by atoms with Crippen molar-refractivity contribution in [2.75, 3.05) is 6.61 Å². The number of non-ortho nitro benzene ring substituents is 1. The molecule has 0 radical (unpaired) electrons. The number of nitro groups is 1. The Bertz CT molecular complexity index is 1280. The minimum atomic E-state index is -0.917. The molecule has 0 amide bonds. The summed E-state index contributed by atoms with van der Waals surface area (Å²) >= 11 is 0. The van der Waals surface area contributed by atoms with Gasteiger partial charge in [-0.25, -0.2) is 9.59 Å². The van der Waals surface area contributed by atoms with E-state index in [1.165, 1.54) is 18.2 Å². The molecule has 2 aliphatic rings. The molecule has 4 rings (SSSR count). The number of hydrogen-bond acceptors (Lipinski definition) is 8. The molecular weight excluding hydrogens is 464 g/mol. The van der Waals surface area contributed by atoms with Gasteiger partial charge in [0.1, 0.15) is 11.9 Å².